The minimum atomic E-state index is -4.69. The fraction of sp³-hybridized carbons (Fsp3) is 0.0833. The molecule has 9 nitrogen and oxygen atoms in total. The van der Waals surface area contributed by atoms with Gasteiger partial charge in [-0.05, 0) is 34.2 Å². The van der Waals surface area contributed by atoms with Crippen molar-refractivity contribution in [1.29, 1.82) is 0 Å². The van der Waals surface area contributed by atoms with Crippen molar-refractivity contribution in [2.45, 2.75) is 6.18 Å². The summed E-state index contributed by atoms with van der Waals surface area (Å²) in [5, 5.41) is 16.1. The zero-order chi connectivity index (χ0) is 19.1. The highest BCUT2D eigenvalue weighted by molar-refractivity contribution is 14.2. The van der Waals surface area contributed by atoms with Crippen LogP contribution in [0.15, 0.2) is 23.5 Å². The highest BCUT2D eigenvalue weighted by Gasteiger charge is 2.36. The molecule has 0 amide bonds. The van der Waals surface area contributed by atoms with Gasteiger partial charge < -0.3 is 16.7 Å². The number of halogens is 4. The van der Waals surface area contributed by atoms with E-state index in [-0.39, 0.29) is 35.2 Å². The van der Waals surface area contributed by atoms with Gasteiger partial charge in [0, 0.05) is 11.6 Å². The molecule has 1 atom stereocenters. The Hall–Kier alpha value is -2.28. The molecule has 0 bridgehead atoms. The summed E-state index contributed by atoms with van der Waals surface area (Å²) >= 11 is 2.00. The van der Waals surface area contributed by atoms with E-state index >= 15 is 0 Å². The van der Waals surface area contributed by atoms with Gasteiger partial charge >= 0.3 is 6.18 Å². The van der Waals surface area contributed by atoms with Crippen LogP contribution < -0.4 is 11.5 Å². The normalized spacial score (nSPS) is 13.2. The van der Waals surface area contributed by atoms with Gasteiger partial charge in [-0.25, -0.2) is 19.4 Å². The van der Waals surface area contributed by atoms with E-state index in [1.165, 1.54) is 16.6 Å². The maximum Gasteiger partial charge on any atom is 0.420 e. The second-order valence-corrected chi connectivity index (χ2v) is 6.93. The molecule has 0 aliphatic heterocycles. The Morgan fingerprint density at radius 2 is 2.00 bits per heavy atom. The van der Waals surface area contributed by atoms with Gasteiger partial charge in [-0.2, -0.15) is 18.3 Å². The third kappa shape index (κ3) is 3.23. The lowest BCUT2D eigenvalue weighted by molar-refractivity contribution is -0.137. The molecule has 0 aliphatic carbocycles. The molecule has 0 spiro atoms. The second kappa shape index (κ2) is 6.79. The smallest absolute Gasteiger partial charge is 0.409 e. The minimum Gasteiger partial charge on any atom is -0.409 e. The van der Waals surface area contributed by atoms with Crippen LogP contribution in [0.1, 0.15) is 11.3 Å². The van der Waals surface area contributed by atoms with Crippen molar-refractivity contribution in [3.63, 3.8) is 0 Å². The number of amidine groups is 1. The number of nitrogens with zero attached hydrogens (tertiary/aromatic N) is 6. The molecule has 0 aromatic carbocycles. The van der Waals surface area contributed by atoms with Crippen molar-refractivity contribution in [2.24, 2.45) is 10.9 Å². The molecule has 0 fully saturated rings. The van der Waals surface area contributed by atoms with Crippen LogP contribution in [0.4, 0.5) is 19.1 Å². The van der Waals surface area contributed by atoms with Crippen molar-refractivity contribution in [2.75, 3.05) is 5.73 Å². The second-order valence-electron chi connectivity index (χ2n) is 4.89. The molecule has 3 aromatic heterocycles. The topological polar surface area (TPSA) is 141 Å². The van der Waals surface area contributed by atoms with Gasteiger partial charge in [0.25, 0.3) is 0 Å². The van der Waals surface area contributed by atoms with Crippen LogP contribution in [0.25, 0.3) is 22.4 Å². The van der Waals surface area contributed by atoms with Gasteiger partial charge in [0.15, 0.2) is 11.5 Å². The molecule has 0 aliphatic rings. The summed E-state index contributed by atoms with van der Waals surface area (Å²) in [6.45, 7) is 0. The van der Waals surface area contributed by atoms with Crippen LogP contribution in [0.2, 0.25) is 0 Å². The van der Waals surface area contributed by atoms with Gasteiger partial charge in [0.05, 0.1) is 6.37 Å². The van der Waals surface area contributed by atoms with Crippen LogP contribution in [0, 0.1) is 0 Å². The van der Waals surface area contributed by atoms with Gasteiger partial charge in [0.2, 0.25) is 5.95 Å². The Bertz CT molecular complexity index is 1020. The van der Waals surface area contributed by atoms with Crippen molar-refractivity contribution in [3.8, 4) is 11.4 Å². The summed E-state index contributed by atoms with van der Waals surface area (Å²) in [4.78, 5) is 11.4. The molecule has 0 saturated carbocycles. The van der Waals surface area contributed by atoms with Crippen LogP contribution in [0.3, 0.4) is 0 Å². The standard InChI is InChI=1S/C12H9F3IN8OP/c13-12(14,15)5-3-19-11(18)21-8(5)7-4-1-2-6(9(17)23-25)20-10(4)24(22-7)26-16/h1-3,25-26H,(H2,17,23)(H2,18,19,21). The lowest BCUT2D eigenvalue weighted by atomic mass is 10.1. The SMILES string of the molecule is N/C(=N\O)c1ccc2c(-c3nc(N)ncc3C(F)(F)F)nn(PI)c2n1. The fourth-order valence-electron chi connectivity index (χ4n) is 2.21. The lowest BCUT2D eigenvalue weighted by Crippen LogP contribution is -2.15. The summed E-state index contributed by atoms with van der Waals surface area (Å²) in [6.07, 6.45) is -4.03. The number of nitrogens with two attached hydrogens (primary N) is 2. The Balaban J connectivity index is 2.32. The molecule has 1 unspecified atom stereocenters. The predicted molar refractivity (Wildman–Crippen MR) is 98.2 cm³/mol. The van der Waals surface area contributed by atoms with E-state index < -0.39 is 17.4 Å². The van der Waals surface area contributed by atoms with Crippen molar-refractivity contribution >= 4 is 51.2 Å². The summed E-state index contributed by atoms with van der Waals surface area (Å²) in [5.41, 5.74) is 9.87. The molecular weight excluding hydrogens is 487 g/mol. The number of fused-ring (bicyclic) bond motifs is 1. The number of anilines is 1. The number of aromatic nitrogens is 5. The monoisotopic (exact) mass is 496 g/mol. The maximum atomic E-state index is 13.3. The van der Waals surface area contributed by atoms with Crippen LogP contribution in [-0.4, -0.2) is 35.5 Å². The molecular formula is C12H9F3IN8OP. The molecule has 0 saturated heterocycles. The first kappa shape index (κ1) is 18.5. The van der Waals surface area contributed by atoms with E-state index in [9.17, 15) is 13.2 Å². The Morgan fingerprint density at radius 3 is 2.62 bits per heavy atom. The van der Waals surface area contributed by atoms with Crippen LogP contribution >= 0.6 is 28.4 Å². The quantitative estimate of drug-likeness (QED) is 0.126. The number of nitrogen functional groups attached to an aromatic ring is 1. The first-order valence-corrected chi connectivity index (χ1v) is 10.8. The van der Waals surface area contributed by atoms with E-state index in [2.05, 4.69) is 25.2 Å². The number of rotatable bonds is 3. The highest BCUT2D eigenvalue weighted by atomic mass is 127. The minimum absolute atomic E-state index is 0.0348. The summed E-state index contributed by atoms with van der Waals surface area (Å²) in [6, 6.07) is 2.88. The third-order valence-corrected chi connectivity index (χ3v) is 5.16. The molecule has 14 heteroatoms. The lowest BCUT2D eigenvalue weighted by Gasteiger charge is -2.10. The van der Waals surface area contributed by atoms with Gasteiger partial charge in [-0.3, -0.25) is 0 Å². The molecule has 3 aromatic rings. The molecule has 3 heterocycles. The van der Waals surface area contributed by atoms with E-state index in [1.807, 2.05) is 22.0 Å². The Morgan fingerprint density at radius 1 is 1.27 bits per heavy atom. The van der Waals surface area contributed by atoms with E-state index in [0.717, 1.165) is 0 Å². The average molecular weight is 496 g/mol. The largest absolute Gasteiger partial charge is 0.420 e. The first-order chi connectivity index (χ1) is 12.3. The molecule has 0 radical (unpaired) electrons. The molecule has 26 heavy (non-hydrogen) atoms. The maximum absolute atomic E-state index is 13.3. The zero-order valence-electron chi connectivity index (χ0n) is 12.5. The third-order valence-electron chi connectivity index (χ3n) is 3.32. The van der Waals surface area contributed by atoms with E-state index in [4.69, 9.17) is 16.7 Å². The number of pyridine rings is 1. The molecule has 136 valence electrons. The number of oxime groups is 1. The fourth-order valence-corrected chi connectivity index (χ4v) is 3.60. The number of hydrogen-bond donors (Lipinski definition) is 3. The number of alkyl halides is 3. The van der Waals surface area contributed by atoms with Crippen LogP contribution in [0.5, 0.6) is 0 Å². The van der Waals surface area contributed by atoms with E-state index in [0.29, 0.717) is 11.6 Å². The van der Waals surface area contributed by atoms with Crippen molar-refractivity contribution < 1.29 is 18.4 Å². The summed E-state index contributed by atoms with van der Waals surface area (Å²) in [7, 11) is 0. The van der Waals surface area contributed by atoms with Gasteiger partial charge in [-0.1, -0.05) is 5.16 Å². The summed E-state index contributed by atoms with van der Waals surface area (Å²) in [5.74, 6) is -0.547. The highest BCUT2D eigenvalue weighted by Crippen LogP contribution is 2.39. The average Bonchev–Trinajstić information content (AvgIpc) is 2.97. The first-order valence-electron chi connectivity index (χ1n) is 6.70. The predicted octanol–water partition coefficient (Wildman–Crippen LogP) is 2.38. The van der Waals surface area contributed by atoms with Gasteiger partial charge in [-0.15, -0.1) is 0 Å². The molecule has 5 N–H and O–H groups in total. The Kier molecular flexibility index (Phi) is 4.84. The number of hydrogen-bond acceptors (Lipinski definition) is 7. The van der Waals surface area contributed by atoms with Crippen LogP contribution in [-0.2, 0) is 6.18 Å². The van der Waals surface area contributed by atoms with Crippen molar-refractivity contribution in [3.05, 3.63) is 29.6 Å². The molecule has 3 rings (SSSR count). The zero-order valence-corrected chi connectivity index (χ0v) is 15.7. The summed E-state index contributed by atoms with van der Waals surface area (Å²) < 4.78 is 41.4. The van der Waals surface area contributed by atoms with Crippen molar-refractivity contribution in [1.82, 2.24) is 24.5 Å². The van der Waals surface area contributed by atoms with E-state index in [1.54, 1.807) is 0 Å². The Labute approximate surface area is 158 Å². The van der Waals surface area contributed by atoms with Gasteiger partial charge in [0.1, 0.15) is 22.6 Å².